The highest BCUT2D eigenvalue weighted by atomic mass is 16.6. The average Bonchev–Trinajstić information content (AvgIpc) is 3.52. The van der Waals surface area contributed by atoms with Crippen molar-refractivity contribution in [1.29, 1.82) is 0 Å². The van der Waals surface area contributed by atoms with Gasteiger partial charge in [0, 0.05) is 13.2 Å². The van der Waals surface area contributed by atoms with Gasteiger partial charge in [0.1, 0.15) is 5.60 Å². The van der Waals surface area contributed by atoms with Gasteiger partial charge in [-0.1, -0.05) is 0 Å². The molecule has 8 unspecified atom stereocenters. The molecule has 0 spiro atoms. The molecule has 6 saturated carbocycles. The van der Waals surface area contributed by atoms with E-state index >= 15 is 0 Å². The first-order valence-corrected chi connectivity index (χ1v) is 15.8. The Labute approximate surface area is 232 Å². The molecule has 7 nitrogen and oxygen atoms in total. The minimum absolute atomic E-state index is 0.0503. The maximum atomic E-state index is 14.1. The largest absolute Gasteiger partial charge is 0.458 e. The van der Waals surface area contributed by atoms with E-state index in [1.54, 1.807) is 0 Å². The van der Waals surface area contributed by atoms with Crippen molar-refractivity contribution >= 4 is 17.9 Å². The van der Waals surface area contributed by atoms with Crippen molar-refractivity contribution in [3.05, 3.63) is 0 Å². The van der Waals surface area contributed by atoms with Gasteiger partial charge in [0.2, 0.25) is 0 Å². The number of carbonyl (C=O) groups excluding carboxylic acids is 3. The Morgan fingerprint density at radius 1 is 0.872 bits per heavy atom. The van der Waals surface area contributed by atoms with Gasteiger partial charge in [-0.05, 0) is 133 Å². The molecule has 216 valence electrons. The van der Waals surface area contributed by atoms with E-state index in [0.717, 1.165) is 63.2 Å². The normalized spacial score (nSPS) is 50.8. The second kappa shape index (κ2) is 9.27. The van der Waals surface area contributed by atoms with E-state index in [2.05, 4.69) is 13.8 Å². The van der Waals surface area contributed by atoms with Gasteiger partial charge in [-0.3, -0.25) is 14.4 Å². The number of esters is 3. The Morgan fingerprint density at radius 2 is 1.49 bits per heavy atom. The van der Waals surface area contributed by atoms with Crippen LogP contribution in [0.15, 0.2) is 0 Å². The van der Waals surface area contributed by atoms with Crippen LogP contribution < -0.4 is 0 Å². The monoisotopic (exact) mass is 542 g/mol. The fourth-order valence-corrected chi connectivity index (χ4v) is 11.0. The predicted molar refractivity (Wildman–Crippen MR) is 141 cm³/mol. The summed E-state index contributed by atoms with van der Waals surface area (Å²) in [6.45, 7) is 9.15. The third kappa shape index (κ3) is 3.99. The molecule has 2 heterocycles. The van der Waals surface area contributed by atoms with Crippen molar-refractivity contribution in [3.8, 4) is 0 Å². The number of hydrogen-bond donors (Lipinski definition) is 0. The standard InChI is InChI=1S/C32H46O7/c1-16-27(37-9-5-8-36-16)24-20-7-6-19(15-20)23(24)25-26(29(34)38-28(25)33)31(2,3)30(35)39-32(4)21-11-17-10-18(13-21)14-22(32)12-17/h16-27H,5-15H2,1-4H3. The molecule has 7 heteroatoms. The summed E-state index contributed by atoms with van der Waals surface area (Å²) in [6.07, 6.45) is 9.77. The molecular weight excluding hydrogens is 496 g/mol. The van der Waals surface area contributed by atoms with Gasteiger partial charge < -0.3 is 18.9 Å². The number of carbonyl (C=O) groups is 3. The van der Waals surface area contributed by atoms with E-state index in [9.17, 15) is 14.4 Å². The Balaban J connectivity index is 1.17. The number of fused-ring (bicyclic) bond motifs is 2. The summed E-state index contributed by atoms with van der Waals surface area (Å²) < 4.78 is 24.4. The van der Waals surface area contributed by atoms with Gasteiger partial charge in [-0.2, -0.15) is 0 Å². The lowest BCUT2D eigenvalue weighted by Crippen LogP contribution is -2.59. The molecule has 8 atom stereocenters. The molecular formula is C32H46O7. The Kier molecular flexibility index (Phi) is 6.28. The lowest BCUT2D eigenvalue weighted by molar-refractivity contribution is -0.214. The number of rotatable bonds is 5. The van der Waals surface area contributed by atoms with Crippen molar-refractivity contribution in [1.82, 2.24) is 0 Å². The molecule has 6 aliphatic carbocycles. The smallest absolute Gasteiger partial charge is 0.318 e. The van der Waals surface area contributed by atoms with Crippen LogP contribution in [0.3, 0.4) is 0 Å². The van der Waals surface area contributed by atoms with E-state index in [0.29, 0.717) is 36.9 Å². The van der Waals surface area contributed by atoms with Crippen molar-refractivity contribution in [2.45, 2.75) is 103 Å². The third-order valence-corrected chi connectivity index (χ3v) is 12.7. The van der Waals surface area contributed by atoms with Gasteiger partial charge in [-0.25, -0.2) is 0 Å². The molecule has 2 saturated heterocycles. The number of cyclic esters (lactones) is 2. The first kappa shape index (κ1) is 26.4. The van der Waals surface area contributed by atoms with Crippen LogP contribution in [0.4, 0.5) is 0 Å². The molecule has 2 aliphatic heterocycles. The summed E-state index contributed by atoms with van der Waals surface area (Å²) in [7, 11) is 0. The number of ether oxygens (including phenoxy) is 4. The summed E-state index contributed by atoms with van der Waals surface area (Å²) in [4.78, 5) is 41.0. The van der Waals surface area contributed by atoms with Crippen LogP contribution in [0.2, 0.25) is 0 Å². The van der Waals surface area contributed by atoms with E-state index in [1.807, 2.05) is 13.8 Å². The van der Waals surface area contributed by atoms with Gasteiger partial charge >= 0.3 is 17.9 Å². The maximum Gasteiger partial charge on any atom is 0.318 e. The SMILES string of the molecule is CC1OCCCOC1C1C2CCC(C2)C1C1C(=O)OC(=O)C1C(C)(C)C(=O)OC1(C)C2CC3CC(C2)CC1C3. The van der Waals surface area contributed by atoms with E-state index in [4.69, 9.17) is 18.9 Å². The van der Waals surface area contributed by atoms with Gasteiger partial charge in [-0.15, -0.1) is 0 Å². The number of hydrogen-bond acceptors (Lipinski definition) is 7. The zero-order valence-corrected chi connectivity index (χ0v) is 24.1. The van der Waals surface area contributed by atoms with Crippen molar-refractivity contribution in [3.63, 3.8) is 0 Å². The molecule has 8 aliphatic rings. The molecule has 0 amide bonds. The summed E-state index contributed by atoms with van der Waals surface area (Å²) in [5, 5.41) is 0. The van der Waals surface area contributed by atoms with Crippen molar-refractivity contribution in [2.24, 2.45) is 64.6 Å². The average molecular weight is 543 g/mol. The van der Waals surface area contributed by atoms with Crippen LogP contribution in [0, 0.1) is 64.6 Å². The van der Waals surface area contributed by atoms with E-state index in [1.165, 1.54) is 6.42 Å². The summed E-state index contributed by atoms with van der Waals surface area (Å²) in [6, 6.07) is 0. The lowest BCUT2D eigenvalue weighted by Gasteiger charge is -2.59. The van der Waals surface area contributed by atoms with Crippen LogP contribution in [0.5, 0.6) is 0 Å². The van der Waals surface area contributed by atoms with E-state index in [-0.39, 0.29) is 30.0 Å². The lowest BCUT2D eigenvalue weighted by atomic mass is 9.50. The molecule has 0 aromatic carbocycles. The van der Waals surface area contributed by atoms with Gasteiger partial charge in [0.05, 0.1) is 29.5 Å². The minimum Gasteiger partial charge on any atom is -0.458 e. The highest BCUT2D eigenvalue weighted by Crippen LogP contribution is 2.62. The van der Waals surface area contributed by atoms with Crippen molar-refractivity contribution < 1.29 is 33.3 Å². The molecule has 0 aromatic heterocycles. The zero-order chi connectivity index (χ0) is 27.3. The van der Waals surface area contributed by atoms with Crippen LogP contribution in [0.1, 0.15) is 85.5 Å². The summed E-state index contributed by atoms with van der Waals surface area (Å²) in [5.74, 6) is 0.319. The second-order valence-electron chi connectivity index (χ2n) is 15.1. The zero-order valence-electron chi connectivity index (χ0n) is 24.1. The fraction of sp³-hybridized carbons (Fsp3) is 0.906. The molecule has 8 rings (SSSR count). The molecule has 0 radical (unpaired) electrons. The first-order valence-electron chi connectivity index (χ1n) is 15.8. The molecule has 6 bridgehead atoms. The first-order chi connectivity index (χ1) is 18.6. The minimum atomic E-state index is -1.16. The highest BCUT2D eigenvalue weighted by molar-refractivity contribution is 6.00. The Morgan fingerprint density at radius 3 is 2.15 bits per heavy atom. The predicted octanol–water partition coefficient (Wildman–Crippen LogP) is 4.94. The summed E-state index contributed by atoms with van der Waals surface area (Å²) in [5.41, 5.74) is -1.65. The van der Waals surface area contributed by atoms with Gasteiger partial charge in [0.25, 0.3) is 0 Å². The Hall–Kier alpha value is -1.47. The van der Waals surface area contributed by atoms with Crippen LogP contribution in [0.25, 0.3) is 0 Å². The fourth-order valence-electron chi connectivity index (χ4n) is 11.0. The second-order valence-corrected chi connectivity index (χ2v) is 15.1. The molecule has 0 aromatic rings. The highest BCUT2D eigenvalue weighted by Gasteiger charge is 2.66. The molecule has 39 heavy (non-hydrogen) atoms. The van der Waals surface area contributed by atoms with Crippen LogP contribution in [-0.4, -0.2) is 48.9 Å². The van der Waals surface area contributed by atoms with Gasteiger partial charge in [0.15, 0.2) is 0 Å². The Bertz CT molecular complexity index is 1010. The topological polar surface area (TPSA) is 88.1 Å². The van der Waals surface area contributed by atoms with Crippen molar-refractivity contribution in [2.75, 3.05) is 13.2 Å². The quantitative estimate of drug-likeness (QED) is 0.359. The summed E-state index contributed by atoms with van der Waals surface area (Å²) >= 11 is 0. The molecule has 8 fully saturated rings. The molecule has 0 N–H and O–H groups in total. The van der Waals surface area contributed by atoms with Crippen LogP contribution in [-0.2, 0) is 33.3 Å². The van der Waals surface area contributed by atoms with E-state index < -0.39 is 34.8 Å². The van der Waals surface area contributed by atoms with Crippen LogP contribution >= 0.6 is 0 Å². The third-order valence-electron chi connectivity index (χ3n) is 12.7. The maximum absolute atomic E-state index is 14.1.